The molecule has 1 aromatic carbocycles. The number of benzene rings is 1. The summed E-state index contributed by atoms with van der Waals surface area (Å²) in [6.45, 7) is 3.45. The van der Waals surface area contributed by atoms with Gasteiger partial charge in [0, 0.05) is 0 Å². The number of carbonyl (C=O) groups is 1. The second-order valence-corrected chi connectivity index (χ2v) is 6.57. The lowest BCUT2D eigenvalue weighted by Crippen LogP contribution is -2.59. The van der Waals surface area contributed by atoms with Crippen LogP contribution in [0.3, 0.4) is 0 Å². The van der Waals surface area contributed by atoms with Crippen LogP contribution in [0.1, 0.15) is 27.2 Å². The van der Waals surface area contributed by atoms with Crippen LogP contribution in [0.25, 0.3) is 0 Å². The summed E-state index contributed by atoms with van der Waals surface area (Å²) in [5, 5.41) is 1.43. The maximum atomic E-state index is 13.5. The van der Waals surface area contributed by atoms with E-state index in [0.717, 1.165) is 32.9 Å². The Balaban J connectivity index is 3.46. The van der Waals surface area contributed by atoms with Crippen molar-refractivity contribution in [1.29, 1.82) is 0 Å². The zero-order chi connectivity index (χ0) is 19.0. The highest BCUT2D eigenvalue weighted by atomic mass is 19.4. The molecule has 0 aliphatic carbocycles. The van der Waals surface area contributed by atoms with Gasteiger partial charge in [0.1, 0.15) is 5.82 Å². The zero-order valence-electron chi connectivity index (χ0n) is 13.1. The van der Waals surface area contributed by atoms with Crippen LogP contribution < -0.4 is 5.32 Å². The largest absolute Gasteiger partial charge is 0.412 e. The fourth-order valence-electron chi connectivity index (χ4n) is 2.29. The summed E-state index contributed by atoms with van der Waals surface area (Å²) in [5.41, 5.74) is -6.88. The molecule has 136 valence electrons. The third-order valence-corrected chi connectivity index (χ3v) is 3.27. The quantitative estimate of drug-likeness (QED) is 0.728. The van der Waals surface area contributed by atoms with Gasteiger partial charge in [-0.25, -0.2) is 4.39 Å². The molecule has 0 saturated carbocycles. The maximum Gasteiger partial charge on any atom is 0.412 e. The Bertz CT molecular complexity index is 585. The van der Waals surface area contributed by atoms with Crippen LogP contribution in [0.5, 0.6) is 0 Å². The summed E-state index contributed by atoms with van der Waals surface area (Å²) >= 11 is 0. The Kier molecular flexibility index (Phi) is 5.27. The number of amides is 1. The van der Waals surface area contributed by atoms with Crippen molar-refractivity contribution in [3.63, 3.8) is 0 Å². The first-order chi connectivity index (χ1) is 10.6. The van der Waals surface area contributed by atoms with Crippen molar-refractivity contribution < 1.29 is 35.5 Å². The molecule has 0 bridgehead atoms. The smallest absolute Gasteiger partial charge is 0.323 e. The highest BCUT2D eigenvalue weighted by Gasteiger charge is 2.75. The second kappa shape index (κ2) is 6.25. The lowest BCUT2D eigenvalue weighted by Gasteiger charge is -2.39. The van der Waals surface area contributed by atoms with E-state index < -0.39 is 47.0 Å². The number of hydrogen-bond donors (Lipinski definition) is 1. The highest BCUT2D eigenvalue weighted by Crippen LogP contribution is 2.56. The average molecular weight is 359 g/mol. The predicted molar refractivity (Wildman–Crippen MR) is 73.6 cm³/mol. The lowest BCUT2D eigenvalue weighted by molar-refractivity contribution is -0.330. The Morgan fingerprint density at radius 2 is 1.42 bits per heavy atom. The molecule has 1 aromatic rings. The molecule has 0 radical (unpaired) electrons. The van der Waals surface area contributed by atoms with Gasteiger partial charge in [-0.05, 0) is 24.0 Å². The van der Waals surface area contributed by atoms with E-state index >= 15 is 0 Å². The molecule has 0 saturated heterocycles. The molecule has 0 aromatic heterocycles. The van der Waals surface area contributed by atoms with Crippen molar-refractivity contribution in [2.75, 3.05) is 5.32 Å². The van der Waals surface area contributed by atoms with E-state index in [4.69, 9.17) is 0 Å². The standard InChI is InChI=1S/C15H16F7NO/c1-12(2,3)8-13(14(17,18)19,15(20,21)22)11(24)23-10-7-5-4-6-9(10)16/h4-7H,8H2,1-3H3,(H,23,24). The number of alkyl halides is 6. The third-order valence-electron chi connectivity index (χ3n) is 3.27. The molecule has 24 heavy (non-hydrogen) atoms. The second-order valence-electron chi connectivity index (χ2n) is 6.57. The molecule has 0 aliphatic heterocycles. The van der Waals surface area contributed by atoms with E-state index in [-0.39, 0.29) is 0 Å². The number of hydrogen-bond acceptors (Lipinski definition) is 1. The molecule has 0 spiro atoms. The topological polar surface area (TPSA) is 29.1 Å². The number of nitrogens with one attached hydrogen (secondary N) is 1. The van der Waals surface area contributed by atoms with Gasteiger partial charge in [-0.1, -0.05) is 32.9 Å². The molecule has 1 N–H and O–H groups in total. The monoisotopic (exact) mass is 359 g/mol. The summed E-state index contributed by atoms with van der Waals surface area (Å²) in [6, 6.07) is 4.04. The van der Waals surface area contributed by atoms with E-state index in [0.29, 0.717) is 0 Å². The molecule has 0 unspecified atom stereocenters. The fourth-order valence-corrected chi connectivity index (χ4v) is 2.29. The van der Waals surface area contributed by atoms with Gasteiger partial charge >= 0.3 is 12.4 Å². The van der Waals surface area contributed by atoms with E-state index in [1.807, 2.05) is 0 Å². The van der Waals surface area contributed by atoms with Crippen molar-refractivity contribution >= 4 is 11.6 Å². The first-order valence-corrected chi connectivity index (χ1v) is 6.81. The van der Waals surface area contributed by atoms with Crippen LogP contribution >= 0.6 is 0 Å². The minimum absolute atomic E-state index is 0.755. The Morgan fingerprint density at radius 3 is 1.79 bits per heavy atom. The van der Waals surface area contributed by atoms with E-state index in [9.17, 15) is 35.5 Å². The van der Waals surface area contributed by atoms with Crippen molar-refractivity contribution in [3.05, 3.63) is 30.1 Å². The normalized spacial score (nSPS) is 13.8. The molecule has 2 nitrogen and oxygen atoms in total. The van der Waals surface area contributed by atoms with Gasteiger partial charge in [-0.15, -0.1) is 0 Å². The van der Waals surface area contributed by atoms with Gasteiger partial charge in [-0.3, -0.25) is 4.79 Å². The molecular formula is C15H16F7NO. The van der Waals surface area contributed by atoms with Crippen LogP contribution in [-0.4, -0.2) is 18.3 Å². The number of para-hydroxylation sites is 1. The van der Waals surface area contributed by atoms with Gasteiger partial charge in [0.2, 0.25) is 11.3 Å². The lowest BCUT2D eigenvalue weighted by atomic mass is 9.71. The van der Waals surface area contributed by atoms with Crippen molar-refractivity contribution in [2.45, 2.75) is 39.5 Å². The number of rotatable bonds is 3. The SMILES string of the molecule is CC(C)(C)CC(C(=O)Nc1ccccc1F)(C(F)(F)F)C(F)(F)F. The summed E-state index contributed by atoms with van der Waals surface area (Å²) in [7, 11) is 0. The molecule has 0 heterocycles. The van der Waals surface area contributed by atoms with Gasteiger partial charge in [0.25, 0.3) is 0 Å². The molecule has 0 atom stereocenters. The molecular weight excluding hydrogens is 343 g/mol. The minimum atomic E-state index is -5.91. The van der Waals surface area contributed by atoms with Crippen LogP contribution in [0.2, 0.25) is 0 Å². The van der Waals surface area contributed by atoms with Crippen LogP contribution in [0.4, 0.5) is 36.4 Å². The average Bonchev–Trinajstić information content (AvgIpc) is 2.34. The number of anilines is 1. The van der Waals surface area contributed by atoms with Gasteiger partial charge in [0.05, 0.1) is 5.69 Å². The van der Waals surface area contributed by atoms with Crippen molar-refractivity contribution in [3.8, 4) is 0 Å². The minimum Gasteiger partial charge on any atom is -0.323 e. The van der Waals surface area contributed by atoms with E-state index in [1.54, 1.807) is 0 Å². The molecule has 0 aliphatic rings. The Hall–Kier alpha value is -1.80. The highest BCUT2D eigenvalue weighted by molar-refractivity contribution is 5.96. The third kappa shape index (κ3) is 3.99. The van der Waals surface area contributed by atoms with E-state index in [1.165, 1.54) is 17.4 Å². The first-order valence-electron chi connectivity index (χ1n) is 6.81. The molecule has 1 rings (SSSR count). The van der Waals surface area contributed by atoms with Gasteiger partial charge in [0.15, 0.2) is 0 Å². The van der Waals surface area contributed by atoms with Crippen LogP contribution in [0.15, 0.2) is 24.3 Å². The summed E-state index contributed by atoms with van der Waals surface area (Å²) < 4.78 is 93.8. The molecule has 1 amide bonds. The Morgan fingerprint density at radius 1 is 0.958 bits per heavy atom. The van der Waals surface area contributed by atoms with Gasteiger partial charge in [-0.2, -0.15) is 26.3 Å². The fraction of sp³-hybridized carbons (Fsp3) is 0.533. The van der Waals surface area contributed by atoms with Crippen molar-refractivity contribution in [2.24, 2.45) is 10.8 Å². The summed E-state index contributed by atoms with van der Waals surface area (Å²) in [4.78, 5) is 12.0. The molecule has 9 heteroatoms. The van der Waals surface area contributed by atoms with Crippen molar-refractivity contribution in [1.82, 2.24) is 0 Å². The maximum absolute atomic E-state index is 13.5. The predicted octanol–water partition coefficient (Wildman–Crippen LogP) is 5.31. The molecule has 0 fully saturated rings. The zero-order valence-corrected chi connectivity index (χ0v) is 13.1. The number of carbonyl (C=O) groups excluding carboxylic acids is 1. The van der Waals surface area contributed by atoms with E-state index in [2.05, 4.69) is 0 Å². The number of halogens is 7. The van der Waals surface area contributed by atoms with Crippen LogP contribution in [-0.2, 0) is 4.79 Å². The van der Waals surface area contributed by atoms with Gasteiger partial charge < -0.3 is 5.32 Å². The summed E-state index contributed by atoms with van der Waals surface area (Å²) in [6.07, 6.45) is -13.4. The summed E-state index contributed by atoms with van der Waals surface area (Å²) in [5.74, 6) is -3.50. The first kappa shape index (κ1) is 20.2. The Labute approximate surface area is 134 Å². The van der Waals surface area contributed by atoms with Crippen LogP contribution in [0, 0.1) is 16.6 Å².